The van der Waals surface area contributed by atoms with Gasteiger partial charge in [0.15, 0.2) is 0 Å². The van der Waals surface area contributed by atoms with Crippen LogP contribution < -0.4 is 5.73 Å². The fraction of sp³-hybridized carbons (Fsp3) is 1.00. The van der Waals surface area contributed by atoms with Crippen molar-refractivity contribution in [2.45, 2.75) is 5.32 Å². The molecule has 0 aromatic heterocycles. The molecule has 0 bridgehead atoms. The number of rotatable bonds is 2. The van der Waals surface area contributed by atoms with E-state index in [9.17, 15) is 0 Å². The van der Waals surface area contributed by atoms with E-state index in [-0.39, 0.29) is 0 Å². The van der Waals surface area contributed by atoms with E-state index >= 15 is 0 Å². The predicted octanol–water partition coefficient (Wildman–Crippen LogP) is -0.647. The second-order valence-corrected chi connectivity index (χ2v) is 1.30. The number of hydrogen-bond acceptors (Lipinski definition) is 2. The molecule has 0 heterocycles. The van der Waals surface area contributed by atoms with Crippen LogP contribution in [0.4, 0.5) is 0 Å². The molecule has 0 saturated carbocycles. The average molecular weight is 125 g/mol. The summed E-state index contributed by atoms with van der Waals surface area (Å²) < 4.78 is 7.89. The van der Waals surface area contributed by atoms with Crippen LogP contribution >= 0.6 is 0 Å². The van der Waals surface area contributed by atoms with E-state index in [1.54, 1.807) is 0 Å². The Labute approximate surface area is 37.8 Å². The second-order valence-electron chi connectivity index (χ2n) is 0.535. The van der Waals surface area contributed by atoms with Crippen molar-refractivity contribution in [1.82, 2.24) is 0 Å². The Morgan fingerprint density at radius 2 is 2.40 bits per heavy atom. The molecule has 0 spiro atoms. The average Bonchev–Trinajstić information content (AvgIpc) is 1.41. The molecule has 0 fully saturated rings. The van der Waals surface area contributed by atoms with Gasteiger partial charge in [0.05, 0.1) is 0 Å². The van der Waals surface area contributed by atoms with Gasteiger partial charge in [-0.25, -0.2) is 0 Å². The van der Waals surface area contributed by atoms with E-state index in [1.807, 2.05) is 0 Å². The molecule has 3 heteroatoms. The molecule has 0 aliphatic carbocycles. The van der Waals surface area contributed by atoms with Crippen molar-refractivity contribution in [2.75, 3.05) is 6.54 Å². The van der Waals surface area contributed by atoms with E-state index < -0.39 is 0 Å². The molecule has 0 amide bonds. The van der Waals surface area contributed by atoms with Gasteiger partial charge in [0.2, 0.25) is 0 Å². The van der Waals surface area contributed by atoms with Gasteiger partial charge in [-0.2, -0.15) is 0 Å². The molecule has 0 radical (unpaired) electrons. The first kappa shape index (κ1) is 5.44. The fourth-order valence-corrected chi connectivity index (χ4v) is 0.160. The Balaban J connectivity index is 2.19. The fourth-order valence-electron chi connectivity index (χ4n) is 0.0389. The van der Waals surface area contributed by atoms with Crippen molar-refractivity contribution in [3.05, 3.63) is 0 Å². The summed E-state index contributed by atoms with van der Waals surface area (Å²) in [4.78, 5) is 0. The molecule has 2 nitrogen and oxygen atoms in total. The molecule has 0 aromatic rings. The van der Waals surface area contributed by atoms with Crippen LogP contribution in [0.5, 0.6) is 0 Å². The molecule has 3 N–H and O–H groups in total. The molecule has 0 saturated heterocycles. The molecule has 0 unspecified atom stereocenters. The summed E-state index contributed by atoms with van der Waals surface area (Å²) in [6.45, 7) is 0.552. The molecule has 5 heavy (non-hydrogen) atoms. The zero-order valence-electron chi connectivity index (χ0n) is 2.74. The third kappa shape index (κ3) is 4.44. The van der Waals surface area contributed by atoms with Gasteiger partial charge in [0.25, 0.3) is 0 Å². The van der Waals surface area contributed by atoms with E-state index in [4.69, 9.17) is 9.92 Å². The third-order valence-electron chi connectivity index (χ3n) is 0.154. The first-order chi connectivity index (χ1) is 2.41. The van der Waals surface area contributed by atoms with Crippen molar-refractivity contribution < 1.29 is 19.5 Å². The maximum atomic E-state index is 7.89. The summed E-state index contributed by atoms with van der Waals surface area (Å²) in [6.07, 6.45) is 0. The molecule has 37 valence electrons. The van der Waals surface area contributed by atoms with Gasteiger partial charge < -0.3 is 0 Å². The van der Waals surface area contributed by atoms with Crippen LogP contribution in [0.25, 0.3) is 0 Å². The Hall–Kier alpha value is 0.439. The Kier molecular flexibility index (Phi) is 4.83. The summed E-state index contributed by atoms with van der Waals surface area (Å²) in [5.74, 6) is 0. The van der Waals surface area contributed by atoms with Crippen LogP contribution in [0, 0.1) is 0 Å². The van der Waals surface area contributed by atoms with Crippen LogP contribution in [-0.4, -0.2) is 10.7 Å². The van der Waals surface area contributed by atoms with Crippen molar-refractivity contribution in [1.29, 1.82) is 0 Å². The second kappa shape index (κ2) is 4.44. The first-order valence-corrected chi connectivity index (χ1v) is 2.34. The van der Waals surface area contributed by atoms with Crippen LogP contribution in [0.3, 0.4) is 0 Å². The zero-order chi connectivity index (χ0) is 4.12. The standard InChI is InChI=1S/C2H6N.Cu.H2O/c1-2-3;;/h1-3H2;;1H2/q;+1;/p-1. The number of hydrogen-bond donors (Lipinski definition) is 2. The van der Waals surface area contributed by atoms with Crippen molar-refractivity contribution in [3.63, 3.8) is 0 Å². The molecule has 0 aliphatic rings. The molecule has 0 aromatic carbocycles. The monoisotopic (exact) mass is 124 g/mol. The van der Waals surface area contributed by atoms with E-state index in [2.05, 4.69) is 0 Å². The normalized spacial score (nSPS) is 9.20. The van der Waals surface area contributed by atoms with Gasteiger partial charge in [0.1, 0.15) is 0 Å². The van der Waals surface area contributed by atoms with Gasteiger partial charge in [-0.1, -0.05) is 0 Å². The van der Waals surface area contributed by atoms with E-state index in [1.165, 1.54) is 0 Å². The minimum atomic E-state index is 0.552. The van der Waals surface area contributed by atoms with Crippen LogP contribution in [0.1, 0.15) is 0 Å². The molecular weight excluding hydrogens is 118 g/mol. The van der Waals surface area contributed by atoms with E-state index in [0.29, 0.717) is 11.9 Å². The van der Waals surface area contributed by atoms with Gasteiger partial charge in [-0.15, -0.1) is 0 Å². The van der Waals surface area contributed by atoms with E-state index in [0.717, 1.165) is 15.3 Å². The summed E-state index contributed by atoms with van der Waals surface area (Å²) in [6, 6.07) is 0. The summed E-state index contributed by atoms with van der Waals surface area (Å²) in [7, 11) is 0. The maximum absolute atomic E-state index is 7.89. The molecule has 0 atom stereocenters. The van der Waals surface area contributed by atoms with Crippen molar-refractivity contribution >= 4 is 0 Å². The Morgan fingerprint density at radius 3 is 2.40 bits per heavy atom. The molecule has 0 aliphatic heterocycles. The quantitative estimate of drug-likeness (QED) is 0.481. The van der Waals surface area contributed by atoms with Gasteiger partial charge in [-0.05, 0) is 0 Å². The van der Waals surface area contributed by atoms with Gasteiger partial charge >= 0.3 is 37.1 Å². The topological polar surface area (TPSA) is 46.2 Å². The first-order valence-electron chi connectivity index (χ1n) is 1.26. The van der Waals surface area contributed by atoms with Gasteiger partial charge in [0, 0.05) is 0 Å². The molecular formula is C2H7CuNO. The van der Waals surface area contributed by atoms with Crippen LogP contribution in [0.2, 0.25) is 5.32 Å². The Bertz CT molecular complexity index is 17.1. The minimum absolute atomic E-state index is 0.552. The van der Waals surface area contributed by atoms with Gasteiger partial charge in [-0.3, -0.25) is 0 Å². The van der Waals surface area contributed by atoms with Crippen LogP contribution in [-0.2, 0) is 15.3 Å². The summed E-state index contributed by atoms with van der Waals surface area (Å²) in [5, 5.41) is 0.628. The SMILES string of the molecule is NC[CH2][Cu][OH]. The third-order valence-corrected chi connectivity index (χ3v) is 0.637. The number of nitrogens with two attached hydrogens (primary N) is 1. The Morgan fingerprint density at radius 1 is 1.80 bits per heavy atom. The van der Waals surface area contributed by atoms with Crippen molar-refractivity contribution in [3.8, 4) is 0 Å². The predicted molar refractivity (Wildman–Crippen MR) is 16.1 cm³/mol. The van der Waals surface area contributed by atoms with Crippen molar-refractivity contribution in [2.24, 2.45) is 5.73 Å². The van der Waals surface area contributed by atoms with Crippen LogP contribution in [0.15, 0.2) is 0 Å². The zero-order valence-corrected chi connectivity index (χ0v) is 3.68. The summed E-state index contributed by atoms with van der Waals surface area (Å²) in [5.41, 5.74) is 4.96. The molecule has 0 rings (SSSR count). The summed E-state index contributed by atoms with van der Waals surface area (Å²) >= 11 is 0.846.